The summed E-state index contributed by atoms with van der Waals surface area (Å²) >= 11 is 0. The van der Waals surface area contributed by atoms with E-state index in [4.69, 9.17) is 0 Å². The first-order chi connectivity index (χ1) is 20.9. The predicted octanol–water partition coefficient (Wildman–Crippen LogP) is 10.2. The number of ether oxygens (including phenoxy) is 1. The first kappa shape index (κ1) is 31.7. The lowest BCUT2D eigenvalue weighted by molar-refractivity contribution is -0.143. The molecule has 0 saturated carbocycles. The smallest absolute Gasteiger partial charge is 0.422 e. The van der Waals surface area contributed by atoms with E-state index < -0.39 is 137 Å². The number of benzene rings is 5. The maximum absolute atomic E-state index is 15.5. The highest BCUT2D eigenvalue weighted by Gasteiger charge is 2.43. The summed E-state index contributed by atoms with van der Waals surface area (Å²) < 4.78 is 238. The minimum Gasteiger partial charge on any atom is -0.491 e. The summed E-state index contributed by atoms with van der Waals surface area (Å²) in [5.41, 5.74) is -11.1. The highest BCUT2D eigenvalue weighted by Crippen LogP contribution is 2.51. The van der Waals surface area contributed by atoms with E-state index in [1.807, 2.05) is 0 Å². The lowest BCUT2D eigenvalue weighted by atomic mass is 9.84. The second-order valence-corrected chi connectivity index (χ2v) is 9.11. The summed E-state index contributed by atoms with van der Waals surface area (Å²) in [6, 6.07) is 0.682. The van der Waals surface area contributed by atoms with Gasteiger partial charge < -0.3 is 4.74 Å². The SMILES string of the molecule is COc1c(F)c(F)c(-c2c3cc(F)ccc3c(-c3c(F)c(F)c(C(F)(F)F)c(F)c3F)c3c(F)c(F)c(F)c(F)c23)c(F)c1F. The van der Waals surface area contributed by atoms with Crippen molar-refractivity contribution in [2.75, 3.05) is 7.11 Å². The van der Waals surface area contributed by atoms with Gasteiger partial charge in [-0.3, -0.25) is 0 Å². The standard InChI is InChI=1S/C28H6F16O/c1-45-27-25(40)19(34)13(20(35)26(27)41)9-7-4-5(29)2-3-6(7)8(10-11(9)16(31)24(39)23(38)15(10)30)12-17(32)21(36)14(28(42,43)44)22(37)18(12)33/h2-4H,1H3. The number of hydrogen-bond acceptors (Lipinski definition) is 1. The number of rotatable bonds is 3. The number of hydrogen-bond donors (Lipinski definition) is 0. The lowest BCUT2D eigenvalue weighted by Gasteiger charge is -2.22. The van der Waals surface area contributed by atoms with Crippen LogP contribution in [0.25, 0.3) is 43.8 Å². The van der Waals surface area contributed by atoms with Crippen molar-refractivity contribution in [2.24, 2.45) is 0 Å². The van der Waals surface area contributed by atoms with E-state index in [9.17, 15) is 43.9 Å². The molecule has 0 aromatic heterocycles. The number of fused-ring (bicyclic) bond motifs is 2. The maximum Gasteiger partial charge on any atom is 0.422 e. The van der Waals surface area contributed by atoms with Crippen molar-refractivity contribution >= 4 is 21.5 Å². The van der Waals surface area contributed by atoms with E-state index in [1.54, 1.807) is 0 Å². The van der Waals surface area contributed by atoms with Gasteiger partial charge in [-0.25, -0.2) is 48.3 Å². The van der Waals surface area contributed by atoms with Crippen LogP contribution in [-0.2, 0) is 6.18 Å². The molecule has 5 aromatic rings. The zero-order valence-electron chi connectivity index (χ0n) is 21.2. The Morgan fingerprint density at radius 1 is 0.444 bits per heavy atom. The van der Waals surface area contributed by atoms with Crippen molar-refractivity contribution < 1.29 is 75.0 Å². The minimum atomic E-state index is -6.10. The first-order valence-electron chi connectivity index (χ1n) is 11.6. The van der Waals surface area contributed by atoms with Gasteiger partial charge in [-0.1, -0.05) is 6.07 Å². The van der Waals surface area contributed by atoms with E-state index in [1.165, 1.54) is 0 Å². The monoisotopic (exact) mass is 662 g/mol. The Kier molecular flexibility index (Phi) is 7.36. The van der Waals surface area contributed by atoms with Gasteiger partial charge in [0.1, 0.15) is 11.4 Å². The molecule has 5 rings (SSSR count). The van der Waals surface area contributed by atoms with Crippen LogP contribution >= 0.6 is 0 Å². The molecule has 0 N–H and O–H groups in total. The molecule has 17 heteroatoms. The summed E-state index contributed by atoms with van der Waals surface area (Å²) in [5, 5.41) is -6.70. The second kappa shape index (κ2) is 10.4. The molecule has 0 aliphatic heterocycles. The molecule has 5 aromatic carbocycles. The topological polar surface area (TPSA) is 9.23 Å². The summed E-state index contributed by atoms with van der Waals surface area (Å²) in [6.07, 6.45) is -6.10. The molecule has 0 aliphatic carbocycles. The zero-order chi connectivity index (χ0) is 33.6. The fourth-order valence-corrected chi connectivity index (χ4v) is 4.94. The Labute approximate surface area is 237 Å². The Balaban J connectivity index is 2.20. The Morgan fingerprint density at radius 3 is 1.24 bits per heavy atom. The molecular weight excluding hydrogens is 656 g/mol. The molecule has 0 radical (unpaired) electrons. The van der Waals surface area contributed by atoms with Crippen LogP contribution in [0.4, 0.5) is 70.2 Å². The van der Waals surface area contributed by atoms with Crippen LogP contribution in [0.1, 0.15) is 5.56 Å². The molecule has 0 fully saturated rings. The predicted molar refractivity (Wildman–Crippen MR) is 123 cm³/mol. The summed E-state index contributed by atoms with van der Waals surface area (Å²) in [4.78, 5) is 0. The van der Waals surface area contributed by atoms with Crippen molar-refractivity contribution in [3.8, 4) is 28.0 Å². The van der Waals surface area contributed by atoms with E-state index in [0.29, 0.717) is 19.2 Å². The summed E-state index contributed by atoms with van der Waals surface area (Å²) in [5.74, 6) is -36.3. The summed E-state index contributed by atoms with van der Waals surface area (Å²) in [7, 11) is 0.535. The van der Waals surface area contributed by atoms with Gasteiger partial charge in [-0.2, -0.15) is 22.0 Å². The summed E-state index contributed by atoms with van der Waals surface area (Å²) in [6.45, 7) is 0. The van der Waals surface area contributed by atoms with Gasteiger partial charge in [-0.05, 0) is 22.9 Å². The highest BCUT2D eigenvalue weighted by atomic mass is 19.4. The number of methoxy groups -OCH3 is 1. The van der Waals surface area contributed by atoms with Gasteiger partial charge >= 0.3 is 6.18 Å². The molecule has 0 bridgehead atoms. The third-order valence-corrected chi connectivity index (χ3v) is 6.76. The quantitative estimate of drug-likeness (QED) is 0.0809. The van der Waals surface area contributed by atoms with E-state index in [-0.39, 0.29) is 6.07 Å². The molecule has 0 atom stereocenters. The number of alkyl halides is 3. The molecule has 45 heavy (non-hydrogen) atoms. The van der Waals surface area contributed by atoms with Gasteiger partial charge in [-0.15, -0.1) is 0 Å². The second-order valence-electron chi connectivity index (χ2n) is 9.11. The Hall–Kier alpha value is -4.70. The molecule has 1 nitrogen and oxygen atoms in total. The third-order valence-electron chi connectivity index (χ3n) is 6.76. The molecule has 0 unspecified atom stereocenters. The van der Waals surface area contributed by atoms with Gasteiger partial charge in [0.25, 0.3) is 0 Å². The molecular formula is C28H6F16O. The highest BCUT2D eigenvalue weighted by molar-refractivity contribution is 6.22. The van der Waals surface area contributed by atoms with Crippen LogP contribution < -0.4 is 4.74 Å². The molecule has 0 aliphatic rings. The van der Waals surface area contributed by atoms with Crippen LogP contribution in [-0.4, -0.2) is 7.11 Å². The van der Waals surface area contributed by atoms with Gasteiger partial charge in [0.05, 0.1) is 18.2 Å². The average molecular weight is 662 g/mol. The molecule has 236 valence electrons. The van der Waals surface area contributed by atoms with Crippen molar-refractivity contribution in [3.63, 3.8) is 0 Å². The molecule has 0 heterocycles. The van der Waals surface area contributed by atoms with Crippen LogP contribution in [0.3, 0.4) is 0 Å². The number of halogens is 16. The first-order valence-corrected chi connectivity index (χ1v) is 11.6. The normalized spacial score (nSPS) is 12.1. The van der Waals surface area contributed by atoms with Crippen LogP contribution in [0.15, 0.2) is 18.2 Å². The zero-order valence-corrected chi connectivity index (χ0v) is 21.2. The van der Waals surface area contributed by atoms with E-state index >= 15 is 26.3 Å². The lowest BCUT2D eigenvalue weighted by Crippen LogP contribution is -2.16. The molecule has 0 spiro atoms. The van der Waals surface area contributed by atoms with E-state index in [0.717, 1.165) is 0 Å². The van der Waals surface area contributed by atoms with Crippen molar-refractivity contribution in [2.45, 2.75) is 6.18 Å². The molecule has 0 amide bonds. The molecule has 0 saturated heterocycles. The Morgan fingerprint density at radius 2 is 0.844 bits per heavy atom. The van der Waals surface area contributed by atoms with Crippen molar-refractivity contribution in [3.05, 3.63) is 99.4 Å². The maximum atomic E-state index is 15.5. The van der Waals surface area contributed by atoms with Crippen molar-refractivity contribution in [1.29, 1.82) is 0 Å². The van der Waals surface area contributed by atoms with Crippen LogP contribution in [0, 0.1) is 75.6 Å². The van der Waals surface area contributed by atoms with Gasteiger partial charge in [0, 0.05) is 21.9 Å². The third kappa shape index (κ3) is 4.34. The van der Waals surface area contributed by atoms with Crippen molar-refractivity contribution in [1.82, 2.24) is 0 Å². The Bertz CT molecular complexity index is 2060. The van der Waals surface area contributed by atoms with Gasteiger partial charge in [0.2, 0.25) is 11.6 Å². The van der Waals surface area contributed by atoms with Crippen LogP contribution in [0.2, 0.25) is 0 Å². The van der Waals surface area contributed by atoms with Gasteiger partial charge in [0.15, 0.2) is 63.9 Å². The van der Waals surface area contributed by atoms with Crippen LogP contribution in [0.5, 0.6) is 5.75 Å². The minimum absolute atomic E-state index is 0.0811. The largest absolute Gasteiger partial charge is 0.491 e. The van der Waals surface area contributed by atoms with E-state index in [2.05, 4.69) is 4.74 Å². The average Bonchev–Trinajstić information content (AvgIpc) is 2.97. The fourth-order valence-electron chi connectivity index (χ4n) is 4.94. The fraction of sp³-hybridized carbons (Fsp3) is 0.0714.